The molecule has 1 aromatic rings. The maximum atomic E-state index is 12.5. The van der Waals surface area contributed by atoms with Crippen LogP contribution in [0, 0.1) is 11.9 Å². The summed E-state index contributed by atoms with van der Waals surface area (Å²) in [5.41, 5.74) is -0.752. The summed E-state index contributed by atoms with van der Waals surface area (Å²) in [6.07, 6.45) is 0. The Hall–Kier alpha value is -0.715. The van der Waals surface area contributed by atoms with Crippen molar-refractivity contribution >= 4 is 25.1 Å². The second kappa shape index (κ2) is 3.80. The molecular formula is C5H2BF3N2S-. The van der Waals surface area contributed by atoms with E-state index in [1.165, 1.54) is 0 Å². The molecule has 7 heteroatoms. The number of halogens is 3. The van der Waals surface area contributed by atoms with Crippen molar-refractivity contribution in [3.8, 4) is 0 Å². The Labute approximate surface area is 72.0 Å². The summed E-state index contributed by atoms with van der Waals surface area (Å²) in [7, 11) is 4.87. The van der Waals surface area contributed by atoms with Crippen LogP contribution in [0.3, 0.4) is 0 Å². The first kappa shape index (κ1) is 9.37. The zero-order valence-corrected chi connectivity index (χ0v) is 6.54. The normalized spacial score (nSPS) is 10.3. The van der Waals surface area contributed by atoms with Crippen molar-refractivity contribution in [3.63, 3.8) is 0 Å². The smallest absolute Gasteiger partial charge is 0.195 e. The van der Waals surface area contributed by atoms with Crippen LogP contribution in [0.4, 0.5) is 13.2 Å². The number of rotatable bonds is 2. The molecular weight excluding hydrogens is 188 g/mol. The van der Waals surface area contributed by atoms with E-state index in [0.717, 1.165) is 0 Å². The quantitative estimate of drug-likeness (QED) is 0.295. The lowest BCUT2D eigenvalue weighted by Crippen LogP contribution is -2.18. The van der Waals surface area contributed by atoms with E-state index in [2.05, 4.69) is 9.97 Å². The second-order valence-corrected chi connectivity index (χ2v) is 2.63. The lowest BCUT2D eigenvalue weighted by Gasteiger charge is -2.08. The van der Waals surface area contributed by atoms with Crippen molar-refractivity contribution in [1.29, 1.82) is 0 Å². The van der Waals surface area contributed by atoms with Gasteiger partial charge in [0.15, 0.2) is 17.1 Å². The van der Waals surface area contributed by atoms with E-state index >= 15 is 0 Å². The van der Waals surface area contributed by atoms with Gasteiger partial charge in [0.1, 0.15) is 6.01 Å². The predicted octanol–water partition coefficient (Wildman–Crippen LogP) is 0.568. The van der Waals surface area contributed by atoms with E-state index < -0.39 is 23.4 Å². The summed E-state index contributed by atoms with van der Waals surface area (Å²) in [4.78, 5) is 6.21. The standard InChI is InChI=1S/C5H2BF3N2S/c6-2-3(8)10-5(12-1-7)11-4(2)9/h1H2/q-1. The minimum absolute atomic E-state index is 0.304. The molecule has 63 valence electrons. The van der Waals surface area contributed by atoms with Crippen LogP contribution in [0.2, 0.25) is 0 Å². The zero-order chi connectivity index (χ0) is 9.14. The van der Waals surface area contributed by atoms with Crippen LogP contribution in [0.1, 0.15) is 0 Å². The molecule has 0 fully saturated rings. The molecule has 0 atom stereocenters. The van der Waals surface area contributed by atoms with Crippen LogP contribution in [-0.4, -0.2) is 23.8 Å². The molecule has 12 heavy (non-hydrogen) atoms. The highest BCUT2D eigenvalue weighted by Crippen LogP contribution is 2.11. The maximum Gasteiger partial charge on any atom is 0.195 e. The van der Waals surface area contributed by atoms with Gasteiger partial charge in [-0.3, -0.25) is 0 Å². The number of hydrogen-bond acceptors (Lipinski definition) is 3. The highest BCUT2D eigenvalue weighted by molar-refractivity contribution is 7.98. The Morgan fingerprint density at radius 2 is 1.75 bits per heavy atom. The molecule has 0 saturated heterocycles. The number of thioether (sulfide) groups is 1. The fourth-order valence-electron chi connectivity index (χ4n) is 0.512. The van der Waals surface area contributed by atoms with Gasteiger partial charge in [0.05, 0.1) is 0 Å². The lowest BCUT2D eigenvalue weighted by molar-refractivity contribution is 0.515. The third-order valence-corrected chi connectivity index (χ3v) is 1.57. The Morgan fingerprint density at radius 3 is 2.17 bits per heavy atom. The van der Waals surface area contributed by atoms with E-state index in [1.807, 2.05) is 0 Å². The van der Waals surface area contributed by atoms with Crippen LogP contribution in [0.15, 0.2) is 5.16 Å². The highest BCUT2D eigenvalue weighted by Gasteiger charge is 2.03. The molecule has 0 aliphatic heterocycles. The first-order chi connectivity index (χ1) is 5.65. The van der Waals surface area contributed by atoms with Gasteiger partial charge >= 0.3 is 0 Å². The molecule has 0 aliphatic rings. The fourth-order valence-corrected chi connectivity index (χ4v) is 0.899. The van der Waals surface area contributed by atoms with Crippen LogP contribution < -0.4 is 5.46 Å². The van der Waals surface area contributed by atoms with Crippen LogP contribution >= 0.6 is 11.8 Å². The van der Waals surface area contributed by atoms with Crippen LogP contribution in [-0.2, 0) is 0 Å². The van der Waals surface area contributed by atoms with E-state index in [1.54, 1.807) is 0 Å². The van der Waals surface area contributed by atoms with Crippen molar-refractivity contribution in [1.82, 2.24) is 9.97 Å². The molecule has 1 aromatic heterocycles. The molecule has 0 saturated carbocycles. The molecule has 0 spiro atoms. The Kier molecular flexibility index (Phi) is 2.96. The monoisotopic (exact) mass is 190 g/mol. The minimum atomic E-state index is -1.17. The van der Waals surface area contributed by atoms with Gasteiger partial charge in [0, 0.05) is 0 Å². The first-order valence-electron chi connectivity index (χ1n) is 2.82. The topological polar surface area (TPSA) is 25.8 Å². The van der Waals surface area contributed by atoms with Gasteiger partial charge in [-0.1, -0.05) is 11.8 Å². The van der Waals surface area contributed by atoms with Gasteiger partial charge < -0.3 is 7.85 Å². The second-order valence-electron chi connectivity index (χ2n) is 1.75. The summed E-state index contributed by atoms with van der Waals surface area (Å²) < 4.78 is 36.7. The van der Waals surface area contributed by atoms with Gasteiger partial charge in [-0.05, 0) is 0 Å². The molecule has 0 aromatic carbocycles. The molecule has 1 heterocycles. The molecule has 0 amide bonds. The third-order valence-electron chi connectivity index (χ3n) is 1.02. The third kappa shape index (κ3) is 1.91. The molecule has 0 bridgehead atoms. The summed E-state index contributed by atoms with van der Waals surface area (Å²) in [6.45, 7) is 0. The van der Waals surface area contributed by atoms with Crippen LogP contribution in [0.25, 0.3) is 0 Å². The lowest BCUT2D eigenvalue weighted by atomic mass is 10.00. The minimum Gasteiger partial charge on any atom is -0.568 e. The van der Waals surface area contributed by atoms with Crippen molar-refractivity contribution in [3.05, 3.63) is 11.9 Å². The van der Waals surface area contributed by atoms with Gasteiger partial charge in [0.2, 0.25) is 0 Å². The molecule has 0 aliphatic carbocycles. The van der Waals surface area contributed by atoms with Crippen molar-refractivity contribution in [2.45, 2.75) is 5.16 Å². The zero-order valence-electron chi connectivity index (χ0n) is 5.72. The first-order valence-corrected chi connectivity index (χ1v) is 3.81. The predicted molar refractivity (Wildman–Crippen MR) is 39.2 cm³/mol. The number of aromatic nitrogens is 2. The summed E-state index contributed by atoms with van der Waals surface area (Å²) >= 11 is 0.488. The molecule has 3 radical (unpaired) electrons. The molecule has 0 unspecified atom stereocenters. The largest absolute Gasteiger partial charge is 0.568 e. The Morgan fingerprint density at radius 1 is 1.25 bits per heavy atom. The van der Waals surface area contributed by atoms with Crippen molar-refractivity contribution in [2.24, 2.45) is 0 Å². The fraction of sp³-hybridized carbons (Fsp3) is 0.200. The van der Waals surface area contributed by atoms with Gasteiger partial charge in [-0.25, -0.2) is 9.85 Å². The summed E-state index contributed by atoms with van der Waals surface area (Å²) in [5.74, 6) is -2.34. The maximum absolute atomic E-state index is 12.5. The average Bonchev–Trinajstić information content (AvgIpc) is 2.01. The van der Waals surface area contributed by atoms with Gasteiger partial charge in [-0.15, -0.1) is 0 Å². The summed E-state index contributed by atoms with van der Waals surface area (Å²) in [6, 6.07) is -0.844. The van der Waals surface area contributed by atoms with Crippen LogP contribution in [0.5, 0.6) is 0 Å². The van der Waals surface area contributed by atoms with E-state index in [9.17, 15) is 13.2 Å². The number of hydrogen-bond donors (Lipinski definition) is 0. The SMILES string of the molecule is [B-]c1c(F)nc(SCF)nc1F. The van der Waals surface area contributed by atoms with E-state index in [-0.39, 0.29) is 5.16 Å². The van der Waals surface area contributed by atoms with E-state index in [0.29, 0.717) is 11.8 Å². The van der Waals surface area contributed by atoms with Crippen molar-refractivity contribution < 1.29 is 13.2 Å². The van der Waals surface area contributed by atoms with E-state index in [4.69, 9.17) is 7.85 Å². The van der Waals surface area contributed by atoms with Gasteiger partial charge in [0.25, 0.3) is 0 Å². The molecule has 0 N–H and O–H groups in total. The highest BCUT2D eigenvalue weighted by atomic mass is 32.2. The number of alkyl halides is 1. The summed E-state index contributed by atoms with van der Waals surface area (Å²) in [5, 5.41) is -0.304. The Bertz CT molecular complexity index is 273. The Balaban J connectivity index is 3.04. The number of nitrogens with zero attached hydrogens (tertiary/aromatic N) is 2. The van der Waals surface area contributed by atoms with Gasteiger partial charge in [-0.2, -0.15) is 18.7 Å². The molecule has 2 nitrogen and oxygen atoms in total. The van der Waals surface area contributed by atoms with Crippen molar-refractivity contribution in [2.75, 3.05) is 6.01 Å². The molecule has 1 rings (SSSR count). The average molecular weight is 190 g/mol.